The van der Waals surface area contributed by atoms with Gasteiger partial charge in [0, 0.05) is 6.54 Å². The minimum atomic E-state index is -0.0393. The van der Waals surface area contributed by atoms with Crippen molar-refractivity contribution in [1.82, 2.24) is 25.5 Å². The molecule has 6 nitrogen and oxygen atoms in total. The van der Waals surface area contributed by atoms with Gasteiger partial charge in [0.15, 0.2) is 0 Å². The number of aromatic nitrogens is 4. The highest BCUT2D eigenvalue weighted by atomic mass is 32.2. The number of rotatable bonds is 7. The SMILES string of the molecule is Cc1ccccc1CNC(=O)CSc1nnnn1Cc1ccccc1. The van der Waals surface area contributed by atoms with Gasteiger partial charge in [-0.05, 0) is 34.0 Å². The number of nitrogens with zero attached hydrogens (tertiary/aromatic N) is 4. The molecule has 2 aromatic carbocycles. The number of hydrogen-bond acceptors (Lipinski definition) is 5. The molecular weight excluding hydrogens is 334 g/mol. The summed E-state index contributed by atoms with van der Waals surface area (Å²) in [6.45, 7) is 3.15. The fourth-order valence-electron chi connectivity index (χ4n) is 2.34. The van der Waals surface area contributed by atoms with Crippen molar-refractivity contribution in [2.24, 2.45) is 0 Å². The summed E-state index contributed by atoms with van der Waals surface area (Å²) in [5.41, 5.74) is 3.40. The molecule has 0 bridgehead atoms. The van der Waals surface area contributed by atoms with E-state index >= 15 is 0 Å². The summed E-state index contributed by atoms with van der Waals surface area (Å²) in [4.78, 5) is 12.1. The summed E-state index contributed by atoms with van der Waals surface area (Å²) in [7, 11) is 0. The normalized spacial score (nSPS) is 10.6. The Balaban J connectivity index is 1.51. The standard InChI is InChI=1S/C18H19N5OS/c1-14-7-5-6-10-16(14)11-19-17(24)13-25-18-20-21-22-23(18)12-15-8-3-2-4-9-15/h2-10H,11-13H2,1H3,(H,19,24). The fourth-order valence-corrected chi connectivity index (χ4v) is 3.05. The fraction of sp³-hybridized carbons (Fsp3) is 0.222. The van der Waals surface area contributed by atoms with Gasteiger partial charge in [0.1, 0.15) is 0 Å². The second kappa shape index (κ2) is 8.43. The maximum atomic E-state index is 12.1. The predicted molar refractivity (Wildman–Crippen MR) is 97.1 cm³/mol. The lowest BCUT2D eigenvalue weighted by molar-refractivity contribution is -0.118. The average Bonchev–Trinajstić information content (AvgIpc) is 3.07. The summed E-state index contributed by atoms with van der Waals surface area (Å²) in [6.07, 6.45) is 0. The molecule has 1 aromatic heterocycles. The topological polar surface area (TPSA) is 72.7 Å². The monoisotopic (exact) mass is 353 g/mol. The van der Waals surface area contributed by atoms with Crippen LogP contribution in [-0.4, -0.2) is 31.9 Å². The van der Waals surface area contributed by atoms with Crippen LogP contribution in [0, 0.1) is 6.92 Å². The van der Waals surface area contributed by atoms with Gasteiger partial charge >= 0.3 is 0 Å². The molecule has 0 atom stereocenters. The van der Waals surface area contributed by atoms with Crippen LogP contribution >= 0.6 is 11.8 Å². The second-order valence-electron chi connectivity index (χ2n) is 5.60. The van der Waals surface area contributed by atoms with Gasteiger partial charge in [-0.25, -0.2) is 4.68 Å². The van der Waals surface area contributed by atoms with E-state index < -0.39 is 0 Å². The van der Waals surface area contributed by atoms with Gasteiger partial charge in [0.25, 0.3) is 0 Å². The summed E-state index contributed by atoms with van der Waals surface area (Å²) in [6, 6.07) is 18.0. The third kappa shape index (κ3) is 4.90. The average molecular weight is 353 g/mol. The number of benzene rings is 2. The largest absolute Gasteiger partial charge is 0.351 e. The highest BCUT2D eigenvalue weighted by Crippen LogP contribution is 2.15. The molecule has 0 aliphatic heterocycles. The van der Waals surface area contributed by atoms with Crippen LogP contribution < -0.4 is 5.32 Å². The molecule has 1 heterocycles. The number of carbonyl (C=O) groups is 1. The lowest BCUT2D eigenvalue weighted by Gasteiger charge is -2.08. The van der Waals surface area contributed by atoms with Gasteiger partial charge in [-0.15, -0.1) is 5.10 Å². The molecule has 3 rings (SSSR count). The Morgan fingerprint density at radius 1 is 1.12 bits per heavy atom. The van der Waals surface area contributed by atoms with Crippen molar-refractivity contribution < 1.29 is 4.79 Å². The lowest BCUT2D eigenvalue weighted by Crippen LogP contribution is -2.25. The van der Waals surface area contributed by atoms with Gasteiger partial charge in [0.05, 0.1) is 12.3 Å². The maximum absolute atomic E-state index is 12.1. The van der Waals surface area contributed by atoms with Gasteiger partial charge in [-0.3, -0.25) is 4.79 Å². The molecule has 25 heavy (non-hydrogen) atoms. The summed E-state index contributed by atoms with van der Waals surface area (Å²) < 4.78 is 1.70. The first-order valence-electron chi connectivity index (χ1n) is 7.96. The molecule has 0 radical (unpaired) electrons. The third-order valence-electron chi connectivity index (χ3n) is 3.74. The van der Waals surface area contributed by atoms with Crippen molar-refractivity contribution in [3.63, 3.8) is 0 Å². The zero-order valence-corrected chi connectivity index (χ0v) is 14.7. The Kier molecular flexibility index (Phi) is 5.79. The van der Waals surface area contributed by atoms with E-state index in [1.165, 1.54) is 17.3 Å². The third-order valence-corrected chi connectivity index (χ3v) is 4.70. The van der Waals surface area contributed by atoms with Crippen LogP contribution in [0.2, 0.25) is 0 Å². The minimum Gasteiger partial charge on any atom is -0.351 e. The van der Waals surface area contributed by atoms with Gasteiger partial charge < -0.3 is 5.32 Å². The molecule has 3 aromatic rings. The van der Waals surface area contributed by atoms with Crippen molar-refractivity contribution in [3.05, 3.63) is 71.3 Å². The smallest absolute Gasteiger partial charge is 0.230 e. The van der Waals surface area contributed by atoms with E-state index in [2.05, 4.69) is 20.8 Å². The van der Waals surface area contributed by atoms with E-state index in [0.717, 1.165) is 11.1 Å². The van der Waals surface area contributed by atoms with E-state index in [1.807, 2.05) is 61.5 Å². The molecule has 7 heteroatoms. The molecule has 0 aliphatic rings. The number of thioether (sulfide) groups is 1. The van der Waals surface area contributed by atoms with Crippen LogP contribution in [0.4, 0.5) is 0 Å². The quantitative estimate of drug-likeness (QED) is 0.661. The molecule has 0 spiro atoms. The van der Waals surface area contributed by atoms with Crippen LogP contribution in [0.15, 0.2) is 59.8 Å². The summed E-state index contributed by atoms with van der Waals surface area (Å²) in [5, 5.41) is 15.3. The molecule has 0 unspecified atom stereocenters. The maximum Gasteiger partial charge on any atom is 0.230 e. The molecule has 0 saturated heterocycles. The summed E-state index contributed by atoms with van der Waals surface area (Å²) in [5.74, 6) is 0.239. The number of aryl methyl sites for hydroxylation is 1. The number of tetrazole rings is 1. The Bertz CT molecular complexity index is 834. The predicted octanol–water partition coefficient (Wildman–Crippen LogP) is 2.44. The minimum absolute atomic E-state index is 0.0393. The number of amides is 1. The Hall–Kier alpha value is -2.67. The molecular formula is C18H19N5OS. The van der Waals surface area contributed by atoms with E-state index in [4.69, 9.17) is 0 Å². The molecule has 128 valence electrons. The summed E-state index contributed by atoms with van der Waals surface area (Å²) >= 11 is 1.34. The van der Waals surface area contributed by atoms with Crippen molar-refractivity contribution >= 4 is 17.7 Å². The number of carbonyl (C=O) groups excluding carboxylic acids is 1. The lowest BCUT2D eigenvalue weighted by atomic mass is 10.1. The van der Waals surface area contributed by atoms with E-state index in [9.17, 15) is 4.79 Å². The highest BCUT2D eigenvalue weighted by molar-refractivity contribution is 7.99. The molecule has 1 N–H and O–H groups in total. The van der Waals surface area contributed by atoms with Gasteiger partial charge in [-0.1, -0.05) is 66.4 Å². The molecule has 0 aliphatic carbocycles. The Morgan fingerprint density at radius 2 is 1.88 bits per heavy atom. The van der Waals surface area contributed by atoms with E-state index in [-0.39, 0.29) is 11.7 Å². The Labute approximate surface area is 150 Å². The van der Waals surface area contributed by atoms with Crippen molar-refractivity contribution in [2.75, 3.05) is 5.75 Å². The van der Waals surface area contributed by atoms with Crippen LogP contribution in [0.3, 0.4) is 0 Å². The van der Waals surface area contributed by atoms with Crippen molar-refractivity contribution in [2.45, 2.75) is 25.2 Å². The first kappa shape index (κ1) is 17.2. The van der Waals surface area contributed by atoms with Crippen LogP contribution in [0.25, 0.3) is 0 Å². The first-order chi connectivity index (χ1) is 12.2. The Morgan fingerprint density at radius 3 is 2.68 bits per heavy atom. The number of nitrogens with one attached hydrogen (secondary N) is 1. The van der Waals surface area contributed by atoms with Crippen molar-refractivity contribution in [3.8, 4) is 0 Å². The van der Waals surface area contributed by atoms with Gasteiger partial charge in [-0.2, -0.15) is 0 Å². The van der Waals surface area contributed by atoms with Crippen LogP contribution in [0.1, 0.15) is 16.7 Å². The zero-order chi connectivity index (χ0) is 17.5. The highest BCUT2D eigenvalue weighted by Gasteiger charge is 2.10. The van der Waals surface area contributed by atoms with Crippen LogP contribution in [0.5, 0.6) is 0 Å². The first-order valence-corrected chi connectivity index (χ1v) is 8.95. The molecule has 0 fully saturated rings. The van der Waals surface area contributed by atoms with E-state index in [0.29, 0.717) is 18.2 Å². The number of hydrogen-bond donors (Lipinski definition) is 1. The van der Waals surface area contributed by atoms with Gasteiger partial charge in [0.2, 0.25) is 11.1 Å². The van der Waals surface area contributed by atoms with Crippen LogP contribution in [-0.2, 0) is 17.9 Å². The molecule has 0 saturated carbocycles. The second-order valence-corrected chi connectivity index (χ2v) is 6.54. The zero-order valence-electron chi connectivity index (χ0n) is 13.9. The molecule has 1 amide bonds. The van der Waals surface area contributed by atoms with Crippen molar-refractivity contribution in [1.29, 1.82) is 0 Å². The van der Waals surface area contributed by atoms with E-state index in [1.54, 1.807) is 4.68 Å².